The molecule has 0 amide bonds. The topological polar surface area (TPSA) is 101 Å². The average molecular weight is 541 g/mol. The van der Waals surface area contributed by atoms with Crippen LogP contribution >= 0.6 is 0 Å². The Labute approximate surface area is 236 Å². The quantitative estimate of drug-likeness (QED) is 0.273. The number of aromatic nitrogens is 5. The van der Waals surface area contributed by atoms with Crippen molar-refractivity contribution in [1.29, 1.82) is 0 Å². The molecule has 0 aliphatic carbocycles. The molecule has 7 rings (SSSR count). The summed E-state index contributed by atoms with van der Waals surface area (Å²) in [6.07, 6.45) is 5.35. The number of fused-ring (bicyclic) bond motifs is 1. The largest absolute Gasteiger partial charge is 0.332 e. The number of likely N-dealkylation sites (tertiary alicyclic amines) is 1. The third-order valence-corrected chi connectivity index (χ3v) is 7.75. The number of H-pyrrole nitrogens is 1. The molecule has 1 saturated heterocycles. The van der Waals surface area contributed by atoms with Crippen LogP contribution in [0.15, 0.2) is 107 Å². The number of piperidine rings is 1. The van der Waals surface area contributed by atoms with E-state index in [1.54, 1.807) is 12.4 Å². The zero-order valence-corrected chi connectivity index (χ0v) is 22.4. The number of aromatic amines is 1. The fraction of sp³-hybridized carbons (Fsp3) is 0.182. The van der Waals surface area contributed by atoms with Crippen molar-refractivity contribution in [2.75, 3.05) is 13.1 Å². The molecule has 8 heteroatoms. The van der Waals surface area contributed by atoms with E-state index in [1.165, 1.54) is 5.56 Å². The van der Waals surface area contributed by atoms with Gasteiger partial charge in [0.25, 0.3) is 11.4 Å². The summed E-state index contributed by atoms with van der Waals surface area (Å²) in [5.41, 5.74) is 6.37. The Kier molecular flexibility index (Phi) is 6.66. The predicted molar refractivity (Wildman–Crippen MR) is 158 cm³/mol. The summed E-state index contributed by atoms with van der Waals surface area (Å²) in [5, 5.41) is 4.83. The van der Waals surface area contributed by atoms with Crippen molar-refractivity contribution < 1.29 is 4.52 Å². The van der Waals surface area contributed by atoms with Crippen LogP contribution in [0.3, 0.4) is 0 Å². The van der Waals surface area contributed by atoms with E-state index in [2.05, 4.69) is 61.4 Å². The van der Waals surface area contributed by atoms with E-state index in [4.69, 9.17) is 9.51 Å². The van der Waals surface area contributed by atoms with Crippen LogP contribution in [0.2, 0.25) is 0 Å². The van der Waals surface area contributed by atoms with Gasteiger partial charge in [-0.2, -0.15) is 4.98 Å². The van der Waals surface area contributed by atoms with Crippen LogP contribution in [-0.4, -0.2) is 43.1 Å². The molecule has 0 spiro atoms. The van der Waals surface area contributed by atoms with Gasteiger partial charge in [0.2, 0.25) is 0 Å². The molecule has 1 fully saturated rings. The van der Waals surface area contributed by atoms with Crippen LogP contribution in [-0.2, 0) is 6.54 Å². The standard InChI is InChI=1S/C33H28N6O2/c40-32-27-20-26(23-6-2-1-3-7-23)30(36-28(27)13-17-35-32)24-11-9-22(10-12-24)21-39-18-14-25(15-19-39)31-37-33(41-38-31)29-8-4-5-16-34-29/h1-13,16-17,20,25H,14-15,18-19,21H2,(H,35,40). The average Bonchev–Trinajstić information content (AvgIpc) is 3.53. The first-order valence-electron chi connectivity index (χ1n) is 13.9. The molecule has 0 saturated carbocycles. The van der Waals surface area contributed by atoms with Gasteiger partial charge in [0, 0.05) is 36.0 Å². The molecule has 41 heavy (non-hydrogen) atoms. The third-order valence-electron chi connectivity index (χ3n) is 7.75. The van der Waals surface area contributed by atoms with Crippen molar-refractivity contribution in [2.45, 2.75) is 25.3 Å². The maximum atomic E-state index is 12.5. The molecule has 1 aliphatic rings. The smallest absolute Gasteiger partial charge is 0.276 e. The van der Waals surface area contributed by atoms with Crippen LogP contribution in [0.1, 0.15) is 30.1 Å². The van der Waals surface area contributed by atoms with Gasteiger partial charge < -0.3 is 9.51 Å². The molecule has 5 heterocycles. The molecule has 0 radical (unpaired) electrons. The van der Waals surface area contributed by atoms with Crippen LogP contribution in [0, 0.1) is 0 Å². The van der Waals surface area contributed by atoms with Gasteiger partial charge in [-0.1, -0.05) is 65.8 Å². The van der Waals surface area contributed by atoms with Crippen LogP contribution in [0.25, 0.3) is 44.9 Å². The number of hydrogen-bond acceptors (Lipinski definition) is 7. The van der Waals surface area contributed by atoms with E-state index in [0.717, 1.165) is 60.7 Å². The summed E-state index contributed by atoms with van der Waals surface area (Å²) in [6.45, 7) is 2.82. The van der Waals surface area contributed by atoms with Crippen LogP contribution < -0.4 is 5.56 Å². The lowest BCUT2D eigenvalue weighted by Crippen LogP contribution is -2.32. The first-order valence-corrected chi connectivity index (χ1v) is 13.9. The van der Waals surface area contributed by atoms with Gasteiger partial charge in [-0.05, 0) is 61.3 Å². The summed E-state index contributed by atoms with van der Waals surface area (Å²) in [5.74, 6) is 1.54. The van der Waals surface area contributed by atoms with Gasteiger partial charge in [-0.3, -0.25) is 14.7 Å². The van der Waals surface area contributed by atoms with Gasteiger partial charge in [-0.25, -0.2) is 4.98 Å². The summed E-state index contributed by atoms with van der Waals surface area (Å²) in [4.78, 5) is 31.6. The van der Waals surface area contributed by atoms with Gasteiger partial charge >= 0.3 is 0 Å². The highest BCUT2D eigenvalue weighted by atomic mass is 16.5. The Hall–Kier alpha value is -4.95. The Morgan fingerprint density at radius 2 is 1.68 bits per heavy atom. The van der Waals surface area contributed by atoms with Gasteiger partial charge in [0.05, 0.1) is 16.6 Å². The van der Waals surface area contributed by atoms with Gasteiger partial charge in [0.15, 0.2) is 5.82 Å². The van der Waals surface area contributed by atoms with Gasteiger partial charge in [0.1, 0.15) is 5.69 Å². The maximum Gasteiger partial charge on any atom is 0.276 e. The fourth-order valence-electron chi connectivity index (χ4n) is 5.54. The lowest BCUT2D eigenvalue weighted by Gasteiger charge is -2.30. The number of nitrogens with one attached hydrogen (secondary N) is 1. The van der Waals surface area contributed by atoms with Crippen molar-refractivity contribution in [2.24, 2.45) is 0 Å². The van der Waals surface area contributed by atoms with Crippen molar-refractivity contribution in [3.8, 4) is 34.0 Å². The highest BCUT2D eigenvalue weighted by Crippen LogP contribution is 2.33. The van der Waals surface area contributed by atoms with E-state index in [0.29, 0.717) is 22.5 Å². The Balaban J connectivity index is 1.06. The maximum absolute atomic E-state index is 12.5. The Morgan fingerprint density at radius 3 is 2.46 bits per heavy atom. The highest BCUT2D eigenvalue weighted by Gasteiger charge is 2.25. The van der Waals surface area contributed by atoms with E-state index in [1.807, 2.05) is 48.5 Å². The summed E-state index contributed by atoms with van der Waals surface area (Å²) >= 11 is 0. The molecule has 1 N–H and O–H groups in total. The zero-order chi connectivity index (χ0) is 27.6. The number of benzene rings is 2. The minimum absolute atomic E-state index is 0.133. The molecule has 202 valence electrons. The molecule has 8 nitrogen and oxygen atoms in total. The molecule has 6 aromatic rings. The SMILES string of the molecule is O=c1[nH]ccc2nc(-c3ccc(CN4CCC(c5noc(-c6ccccn6)n5)CC4)cc3)c(-c3ccccc3)cc12. The molecule has 4 aromatic heterocycles. The summed E-state index contributed by atoms with van der Waals surface area (Å²) in [7, 11) is 0. The van der Waals surface area contributed by atoms with Gasteiger partial charge in [-0.15, -0.1) is 0 Å². The number of hydrogen-bond donors (Lipinski definition) is 1. The molecule has 0 bridgehead atoms. The first kappa shape index (κ1) is 25.0. The van der Waals surface area contributed by atoms with Crippen molar-refractivity contribution in [1.82, 2.24) is 30.0 Å². The first-order chi connectivity index (χ1) is 20.2. The lowest BCUT2D eigenvalue weighted by molar-refractivity contribution is 0.200. The monoisotopic (exact) mass is 540 g/mol. The molecule has 0 atom stereocenters. The minimum Gasteiger partial charge on any atom is -0.332 e. The molecular formula is C33H28N6O2. The number of nitrogens with zero attached hydrogens (tertiary/aromatic N) is 5. The van der Waals surface area contributed by atoms with E-state index >= 15 is 0 Å². The second kappa shape index (κ2) is 10.9. The second-order valence-electron chi connectivity index (χ2n) is 10.4. The molecule has 2 aromatic carbocycles. The van der Waals surface area contributed by atoms with Crippen molar-refractivity contribution >= 4 is 10.9 Å². The van der Waals surface area contributed by atoms with Crippen LogP contribution in [0.5, 0.6) is 0 Å². The molecule has 0 unspecified atom stereocenters. The minimum atomic E-state index is -0.133. The highest BCUT2D eigenvalue weighted by molar-refractivity contribution is 5.91. The lowest BCUT2D eigenvalue weighted by atomic mass is 9.95. The third kappa shape index (κ3) is 5.17. The zero-order valence-electron chi connectivity index (χ0n) is 22.4. The molecule has 1 aliphatic heterocycles. The number of rotatable bonds is 6. The van der Waals surface area contributed by atoms with Crippen molar-refractivity contribution in [3.05, 3.63) is 119 Å². The van der Waals surface area contributed by atoms with E-state index in [9.17, 15) is 4.79 Å². The van der Waals surface area contributed by atoms with E-state index in [-0.39, 0.29) is 11.5 Å². The number of pyridine rings is 3. The Bertz CT molecular complexity index is 1840. The Morgan fingerprint density at radius 1 is 0.878 bits per heavy atom. The molecular weight excluding hydrogens is 512 g/mol. The normalized spacial score (nSPS) is 14.4. The fourth-order valence-corrected chi connectivity index (χ4v) is 5.54. The summed E-state index contributed by atoms with van der Waals surface area (Å²) in [6, 6.07) is 28.2. The van der Waals surface area contributed by atoms with Crippen LogP contribution in [0.4, 0.5) is 0 Å². The van der Waals surface area contributed by atoms with Crippen molar-refractivity contribution in [3.63, 3.8) is 0 Å². The summed E-state index contributed by atoms with van der Waals surface area (Å²) < 4.78 is 5.48. The van der Waals surface area contributed by atoms with E-state index < -0.39 is 0 Å². The predicted octanol–water partition coefficient (Wildman–Crippen LogP) is 6.08. The second-order valence-corrected chi connectivity index (χ2v) is 10.4.